The van der Waals surface area contributed by atoms with Gasteiger partial charge >= 0.3 is 0 Å². The molecule has 0 N–H and O–H groups in total. The molecule has 0 aromatic carbocycles. The summed E-state index contributed by atoms with van der Waals surface area (Å²) in [4.78, 5) is 23.2. The Morgan fingerprint density at radius 2 is 1.90 bits per heavy atom. The van der Waals surface area contributed by atoms with Crippen LogP contribution in [0.25, 0.3) is 5.65 Å². The highest BCUT2D eigenvalue weighted by Crippen LogP contribution is 2.23. The Hall–Kier alpha value is -2.97. The Kier molecular flexibility index (Phi) is 4.65. The quantitative estimate of drug-likeness (QED) is 0.673. The first kappa shape index (κ1) is 18.1. The van der Waals surface area contributed by atoms with Gasteiger partial charge in [0.1, 0.15) is 29.7 Å². The molecule has 2 aliphatic rings. The number of nitrogens with zero attached hydrogens (tertiary/aromatic N) is 4. The monoisotopic (exact) mass is 394 g/mol. The van der Waals surface area contributed by atoms with E-state index in [1.54, 1.807) is 23.4 Å². The highest BCUT2D eigenvalue weighted by Gasteiger charge is 2.40. The van der Waals surface area contributed by atoms with Crippen LogP contribution in [0.3, 0.4) is 0 Å². The molecule has 0 spiro atoms. The summed E-state index contributed by atoms with van der Waals surface area (Å²) in [5.41, 5.74) is 2.31. The molecule has 2 fully saturated rings. The zero-order valence-electron chi connectivity index (χ0n) is 16.1. The van der Waals surface area contributed by atoms with Crippen LogP contribution in [-0.2, 0) is 9.47 Å². The van der Waals surface area contributed by atoms with Crippen LogP contribution in [0, 0.1) is 6.92 Å². The number of hydrogen-bond donors (Lipinski definition) is 0. The Balaban J connectivity index is 1.21. The number of amides is 1. The van der Waals surface area contributed by atoms with Gasteiger partial charge in [0.25, 0.3) is 5.91 Å². The minimum Gasteiger partial charge on any atom is -0.484 e. The first-order chi connectivity index (χ1) is 14.2. The van der Waals surface area contributed by atoms with E-state index in [-0.39, 0.29) is 24.2 Å². The first-order valence-corrected chi connectivity index (χ1v) is 9.70. The van der Waals surface area contributed by atoms with Crippen molar-refractivity contribution in [1.82, 2.24) is 19.3 Å². The average Bonchev–Trinajstić information content (AvgIpc) is 3.33. The number of ether oxygens (including phenoxy) is 3. The van der Waals surface area contributed by atoms with Gasteiger partial charge in [0.05, 0.1) is 19.4 Å². The molecule has 2 aliphatic heterocycles. The van der Waals surface area contributed by atoms with Gasteiger partial charge in [-0.05, 0) is 31.2 Å². The molecule has 0 radical (unpaired) electrons. The van der Waals surface area contributed by atoms with E-state index in [0.717, 1.165) is 11.3 Å². The Morgan fingerprint density at radius 3 is 2.62 bits per heavy atom. The summed E-state index contributed by atoms with van der Waals surface area (Å²) in [6.45, 7) is 3.77. The molecule has 8 nitrogen and oxygen atoms in total. The summed E-state index contributed by atoms with van der Waals surface area (Å²) in [6.07, 6.45) is 6.61. The molecule has 5 heterocycles. The second-order valence-electron chi connectivity index (χ2n) is 7.44. The summed E-state index contributed by atoms with van der Waals surface area (Å²) < 4.78 is 19.9. The minimum absolute atomic E-state index is 0.0331. The Morgan fingerprint density at radius 1 is 1.10 bits per heavy atom. The molecule has 3 aromatic rings. The maximum absolute atomic E-state index is 12.9. The lowest BCUT2D eigenvalue weighted by atomic mass is 10.2. The molecule has 2 saturated heterocycles. The van der Waals surface area contributed by atoms with E-state index < -0.39 is 0 Å². The average molecular weight is 394 g/mol. The molecule has 8 heteroatoms. The van der Waals surface area contributed by atoms with Crippen LogP contribution < -0.4 is 4.74 Å². The fourth-order valence-corrected chi connectivity index (χ4v) is 3.75. The number of likely N-dealkylation sites (tertiary alicyclic amines) is 1. The lowest BCUT2D eigenvalue weighted by Crippen LogP contribution is -2.33. The van der Waals surface area contributed by atoms with Crippen molar-refractivity contribution in [3.8, 4) is 5.75 Å². The Bertz CT molecular complexity index is 1000. The van der Waals surface area contributed by atoms with E-state index in [1.165, 1.54) is 0 Å². The van der Waals surface area contributed by atoms with Gasteiger partial charge in [-0.15, -0.1) is 0 Å². The molecule has 2 atom stereocenters. The largest absolute Gasteiger partial charge is 0.484 e. The first-order valence-electron chi connectivity index (χ1n) is 9.70. The zero-order chi connectivity index (χ0) is 19.8. The fraction of sp³-hybridized carbons (Fsp3) is 0.381. The van der Waals surface area contributed by atoms with Gasteiger partial charge < -0.3 is 23.5 Å². The highest BCUT2D eigenvalue weighted by molar-refractivity contribution is 5.95. The molecule has 5 rings (SSSR count). The van der Waals surface area contributed by atoms with Crippen LogP contribution >= 0.6 is 0 Å². The molecular formula is C21H22N4O4. The number of hydrogen-bond acceptors (Lipinski definition) is 6. The third kappa shape index (κ3) is 3.68. The molecule has 29 heavy (non-hydrogen) atoms. The van der Waals surface area contributed by atoms with Crippen molar-refractivity contribution < 1.29 is 19.0 Å². The third-order valence-corrected chi connectivity index (χ3v) is 5.33. The lowest BCUT2D eigenvalue weighted by Gasteiger charge is -2.19. The van der Waals surface area contributed by atoms with Crippen LogP contribution in [0.2, 0.25) is 0 Å². The third-order valence-electron chi connectivity index (χ3n) is 5.33. The molecule has 0 bridgehead atoms. The van der Waals surface area contributed by atoms with Gasteiger partial charge in [-0.1, -0.05) is 0 Å². The van der Waals surface area contributed by atoms with Crippen LogP contribution in [-0.4, -0.2) is 69.8 Å². The summed E-state index contributed by atoms with van der Waals surface area (Å²) >= 11 is 0. The number of carbonyl (C=O) groups excluding carboxylic acids is 1. The standard InChI is InChI=1S/C21H22N4O4/c1-14-2-3-16(9-23-14)29-17-12-27-18-10-25(11-19(18)28-13-17)21(26)15-4-6-24-7-5-22-20(24)8-15/h2-9,17-19H,10-13H2,1H3/t18-,19-/m0/s1. The molecule has 0 unspecified atom stereocenters. The van der Waals surface area contributed by atoms with Crippen molar-refractivity contribution in [3.63, 3.8) is 0 Å². The van der Waals surface area contributed by atoms with E-state index in [2.05, 4.69) is 9.97 Å². The maximum atomic E-state index is 12.9. The SMILES string of the molecule is Cc1ccc(OC2CO[C@H]3CN(C(=O)c4ccn5ccnc5c4)C[C@@H]3OC2)cn1. The molecule has 1 amide bonds. The lowest BCUT2D eigenvalue weighted by molar-refractivity contribution is -0.00461. The minimum atomic E-state index is -0.197. The molecule has 3 aromatic heterocycles. The number of fused-ring (bicyclic) bond motifs is 2. The van der Waals surface area contributed by atoms with Crippen molar-refractivity contribution in [2.75, 3.05) is 26.3 Å². The summed E-state index contributed by atoms with van der Waals surface area (Å²) in [7, 11) is 0. The second kappa shape index (κ2) is 7.46. The number of carbonyl (C=O) groups is 1. The Labute approximate surface area is 168 Å². The maximum Gasteiger partial charge on any atom is 0.254 e. The normalized spacial score (nSPS) is 22.4. The number of aromatic nitrogens is 3. The highest BCUT2D eigenvalue weighted by atomic mass is 16.6. The van der Waals surface area contributed by atoms with Crippen molar-refractivity contribution in [2.24, 2.45) is 0 Å². The fourth-order valence-electron chi connectivity index (χ4n) is 3.75. The number of pyridine rings is 2. The van der Waals surface area contributed by atoms with Crippen molar-refractivity contribution in [2.45, 2.75) is 25.2 Å². The zero-order valence-corrected chi connectivity index (χ0v) is 16.1. The van der Waals surface area contributed by atoms with Gasteiger partial charge in [-0.25, -0.2) is 4.98 Å². The van der Waals surface area contributed by atoms with Crippen LogP contribution in [0.5, 0.6) is 5.75 Å². The predicted molar refractivity (Wildman–Crippen MR) is 104 cm³/mol. The van der Waals surface area contributed by atoms with E-state index in [0.29, 0.717) is 37.6 Å². The smallest absolute Gasteiger partial charge is 0.254 e. The summed E-state index contributed by atoms with van der Waals surface area (Å²) in [5, 5.41) is 0. The number of rotatable bonds is 3. The van der Waals surface area contributed by atoms with E-state index in [9.17, 15) is 4.79 Å². The molecule has 150 valence electrons. The molecule has 0 aliphatic carbocycles. The van der Waals surface area contributed by atoms with Crippen molar-refractivity contribution >= 4 is 11.6 Å². The second-order valence-corrected chi connectivity index (χ2v) is 7.44. The molecular weight excluding hydrogens is 372 g/mol. The predicted octanol–water partition coefficient (Wildman–Crippen LogP) is 1.73. The summed E-state index contributed by atoms with van der Waals surface area (Å²) in [6, 6.07) is 7.42. The van der Waals surface area contributed by atoms with Crippen LogP contribution in [0.1, 0.15) is 16.1 Å². The van der Waals surface area contributed by atoms with Gasteiger partial charge in [-0.3, -0.25) is 9.78 Å². The number of aryl methyl sites for hydroxylation is 1. The number of imidazole rings is 1. The van der Waals surface area contributed by atoms with E-state index in [1.807, 2.05) is 41.9 Å². The van der Waals surface area contributed by atoms with Crippen LogP contribution in [0.15, 0.2) is 49.1 Å². The van der Waals surface area contributed by atoms with Crippen molar-refractivity contribution in [1.29, 1.82) is 0 Å². The van der Waals surface area contributed by atoms with Gasteiger partial charge in [0, 0.05) is 42.9 Å². The van der Waals surface area contributed by atoms with Gasteiger partial charge in [-0.2, -0.15) is 0 Å². The van der Waals surface area contributed by atoms with E-state index in [4.69, 9.17) is 14.2 Å². The topological polar surface area (TPSA) is 78.2 Å². The van der Waals surface area contributed by atoms with Gasteiger partial charge in [0.2, 0.25) is 0 Å². The van der Waals surface area contributed by atoms with E-state index >= 15 is 0 Å². The van der Waals surface area contributed by atoms with Crippen LogP contribution in [0.4, 0.5) is 0 Å². The molecule has 0 saturated carbocycles. The summed E-state index contributed by atoms with van der Waals surface area (Å²) in [5.74, 6) is 0.667. The van der Waals surface area contributed by atoms with Gasteiger partial charge in [0.15, 0.2) is 0 Å². The van der Waals surface area contributed by atoms with Crippen molar-refractivity contribution in [3.05, 3.63) is 60.3 Å².